The number of carbonyl (C=O) groups excluding carboxylic acids is 1. The molecule has 2 bridgehead atoms. The van der Waals surface area contributed by atoms with E-state index in [0.29, 0.717) is 29.2 Å². The van der Waals surface area contributed by atoms with Crippen molar-refractivity contribution in [3.8, 4) is 22.6 Å². The molecule has 4 aliphatic rings. The van der Waals surface area contributed by atoms with Crippen molar-refractivity contribution in [2.45, 2.75) is 57.2 Å². The van der Waals surface area contributed by atoms with Crippen molar-refractivity contribution in [1.29, 1.82) is 0 Å². The minimum absolute atomic E-state index is 0.0848. The van der Waals surface area contributed by atoms with Crippen LogP contribution in [0, 0.1) is 5.92 Å². The van der Waals surface area contributed by atoms with Gasteiger partial charge in [0.25, 0.3) is 0 Å². The molecule has 6 nitrogen and oxygen atoms in total. The van der Waals surface area contributed by atoms with Crippen molar-refractivity contribution in [3.63, 3.8) is 0 Å². The maximum Gasteiger partial charge on any atom is 0.573 e. The molecule has 4 heterocycles. The standard InChI is InChI=1S/C26H29F3N2O4/c1-25(2)14-21(30-24(32)33-23-15-31-10-8-16(23)9-11-31)20-7-6-18(13-22(20)35-25)17-4-3-5-19(12-17)34-26(27,28)29/h3-7,12-13,16,21,23H,8-11,14-15H2,1-2H3,(H,30,32)/t21?,23-/m1/s1. The largest absolute Gasteiger partial charge is 0.573 e. The molecule has 4 aliphatic heterocycles. The molecule has 2 aromatic carbocycles. The number of rotatable bonds is 4. The smallest absolute Gasteiger partial charge is 0.487 e. The molecule has 188 valence electrons. The summed E-state index contributed by atoms with van der Waals surface area (Å²) in [5.41, 5.74) is 1.50. The van der Waals surface area contributed by atoms with Crippen molar-refractivity contribution < 1.29 is 32.2 Å². The predicted octanol–water partition coefficient (Wildman–Crippen LogP) is 5.67. The Balaban J connectivity index is 1.34. The van der Waals surface area contributed by atoms with Gasteiger partial charge in [0.15, 0.2) is 0 Å². The van der Waals surface area contributed by atoms with E-state index < -0.39 is 18.1 Å². The second-order valence-corrected chi connectivity index (χ2v) is 10.2. The predicted molar refractivity (Wildman–Crippen MR) is 123 cm³/mol. The Bertz CT molecular complexity index is 1100. The number of halogens is 3. The highest BCUT2D eigenvalue weighted by Gasteiger charge is 2.39. The average Bonchev–Trinajstić information content (AvgIpc) is 2.77. The van der Waals surface area contributed by atoms with Crippen LogP contribution in [0.2, 0.25) is 0 Å². The number of ether oxygens (including phenoxy) is 3. The van der Waals surface area contributed by atoms with Crippen LogP contribution in [0.15, 0.2) is 42.5 Å². The van der Waals surface area contributed by atoms with E-state index in [1.54, 1.807) is 18.2 Å². The molecule has 9 heteroatoms. The first-order chi connectivity index (χ1) is 16.5. The summed E-state index contributed by atoms with van der Waals surface area (Å²) < 4.78 is 54.0. The fraction of sp³-hybridized carbons (Fsp3) is 0.500. The maximum absolute atomic E-state index is 12.8. The number of alkyl halides is 3. The second-order valence-electron chi connectivity index (χ2n) is 10.2. The Morgan fingerprint density at radius 1 is 1.11 bits per heavy atom. The second kappa shape index (κ2) is 8.93. The number of hydrogen-bond acceptors (Lipinski definition) is 5. The third-order valence-electron chi connectivity index (χ3n) is 7.02. The Labute approximate surface area is 202 Å². The summed E-state index contributed by atoms with van der Waals surface area (Å²) >= 11 is 0. The molecule has 35 heavy (non-hydrogen) atoms. The third kappa shape index (κ3) is 5.50. The number of carbonyl (C=O) groups is 1. The lowest BCUT2D eigenvalue weighted by Gasteiger charge is -2.44. The first-order valence-electron chi connectivity index (χ1n) is 11.9. The summed E-state index contributed by atoms with van der Waals surface area (Å²) in [6, 6.07) is 10.9. The van der Waals surface area contributed by atoms with Gasteiger partial charge in [0.05, 0.1) is 6.04 Å². The van der Waals surface area contributed by atoms with Gasteiger partial charge in [-0.15, -0.1) is 13.2 Å². The number of nitrogens with one attached hydrogen (secondary N) is 1. The van der Waals surface area contributed by atoms with E-state index in [4.69, 9.17) is 9.47 Å². The molecule has 3 fully saturated rings. The summed E-state index contributed by atoms with van der Waals surface area (Å²) in [6.45, 7) is 6.80. The molecule has 2 atom stereocenters. The number of nitrogens with zero attached hydrogens (tertiary/aromatic N) is 1. The maximum atomic E-state index is 12.8. The van der Waals surface area contributed by atoms with Gasteiger partial charge in [-0.25, -0.2) is 4.79 Å². The molecule has 3 saturated heterocycles. The number of fused-ring (bicyclic) bond motifs is 4. The summed E-state index contributed by atoms with van der Waals surface area (Å²) in [5.74, 6) is 0.710. The fourth-order valence-corrected chi connectivity index (χ4v) is 5.39. The Morgan fingerprint density at radius 2 is 1.86 bits per heavy atom. The van der Waals surface area contributed by atoms with E-state index in [1.165, 1.54) is 18.2 Å². The number of piperidine rings is 3. The number of amides is 1. The summed E-state index contributed by atoms with van der Waals surface area (Å²) in [6.07, 6.45) is -2.60. The fourth-order valence-electron chi connectivity index (χ4n) is 5.39. The van der Waals surface area contributed by atoms with Gasteiger partial charge >= 0.3 is 12.5 Å². The lowest BCUT2D eigenvalue weighted by atomic mass is 9.86. The molecule has 0 saturated carbocycles. The summed E-state index contributed by atoms with van der Waals surface area (Å²) in [5, 5.41) is 3.03. The van der Waals surface area contributed by atoms with Gasteiger partial charge < -0.3 is 19.5 Å². The molecule has 0 spiro atoms. The molecule has 0 aromatic heterocycles. The van der Waals surface area contributed by atoms with Gasteiger partial charge in [0.1, 0.15) is 23.2 Å². The Morgan fingerprint density at radius 3 is 2.54 bits per heavy atom. The Hall–Kier alpha value is -2.94. The molecule has 1 unspecified atom stereocenters. The first-order valence-corrected chi connectivity index (χ1v) is 11.9. The zero-order valence-electron chi connectivity index (χ0n) is 19.7. The average molecular weight is 491 g/mol. The highest BCUT2D eigenvalue weighted by Crippen LogP contribution is 2.42. The third-order valence-corrected chi connectivity index (χ3v) is 7.02. The lowest BCUT2D eigenvalue weighted by molar-refractivity contribution is -0.274. The SMILES string of the molecule is CC1(C)CC(NC(=O)O[C@@H]2CN3CCC2CC3)c2ccc(-c3cccc(OC(F)(F)F)c3)cc2O1. The topological polar surface area (TPSA) is 60.0 Å². The first kappa shape index (κ1) is 23.8. The quantitative estimate of drug-likeness (QED) is 0.598. The van der Waals surface area contributed by atoms with E-state index >= 15 is 0 Å². The molecule has 2 aromatic rings. The minimum atomic E-state index is -4.76. The van der Waals surface area contributed by atoms with Crippen LogP contribution in [-0.4, -0.2) is 48.7 Å². The number of benzene rings is 2. The molecule has 0 radical (unpaired) electrons. The minimum Gasteiger partial charge on any atom is -0.487 e. The molecule has 0 aliphatic carbocycles. The molecule has 1 amide bonds. The van der Waals surface area contributed by atoms with Crippen molar-refractivity contribution >= 4 is 6.09 Å². The van der Waals surface area contributed by atoms with Crippen molar-refractivity contribution in [2.75, 3.05) is 19.6 Å². The van der Waals surface area contributed by atoms with Crippen LogP contribution in [0.4, 0.5) is 18.0 Å². The normalized spacial score (nSPS) is 26.9. The Kier molecular flexibility index (Phi) is 6.07. The van der Waals surface area contributed by atoms with Crippen LogP contribution >= 0.6 is 0 Å². The van der Waals surface area contributed by atoms with Crippen LogP contribution in [0.1, 0.15) is 44.7 Å². The molecular formula is C26H29F3N2O4. The molecule has 1 N–H and O–H groups in total. The van der Waals surface area contributed by atoms with Crippen LogP contribution in [0.5, 0.6) is 11.5 Å². The van der Waals surface area contributed by atoms with Crippen molar-refractivity contribution in [2.24, 2.45) is 5.92 Å². The number of hydrogen-bond donors (Lipinski definition) is 1. The highest BCUT2D eigenvalue weighted by atomic mass is 19.4. The zero-order valence-corrected chi connectivity index (χ0v) is 19.7. The van der Waals surface area contributed by atoms with Gasteiger partial charge in [0.2, 0.25) is 0 Å². The summed E-state index contributed by atoms with van der Waals surface area (Å²) in [4.78, 5) is 15.2. The van der Waals surface area contributed by atoms with E-state index in [2.05, 4.69) is 15.0 Å². The van der Waals surface area contributed by atoms with E-state index in [0.717, 1.165) is 38.0 Å². The zero-order chi connectivity index (χ0) is 24.8. The molecule has 6 rings (SSSR count). The van der Waals surface area contributed by atoms with Crippen LogP contribution < -0.4 is 14.8 Å². The molecular weight excluding hydrogens is 461 g/mol. The van der Waals surface area contributed by atoms with Crippen molar-refractivity contribution in [3.05, 3.63) is 48.0 Å². The monoisotopic (exact) mass is 490 g/mol. The summed E-state index contributed by atoms with van der Waals surface area (Å²) in [7, 11) is 0. The van der Waals surface area contributed by atoms with Gasteiger partial charge in [-0.1, -0.05) is 24.3 Å². The highest BCUT2D eigenvalue weighted by molar-refractivity contribution is 5.70. The van der Waals surface area contributed by atoms with E-state index in [1.807, 2.05) is 19.9 Å². The van der Waals surface area contributed by atoms with E-state index in [-0.39, 0.29) is 17.9 Å². The van der Waals surface area contributed by atoms with Crippen LogP contribution in [0.3, 0.4) is 0 Å². The van der Waals surface area contributed by atoms with Crippen LogP contribution in [0.25, 0.3) is 11.1 Å². The lowest BCUT2D eigenvalue weighted by Crippen LogP contribution is -2.53. The van der Waals surface area contributed by atoms with Gasteiger partial charge in [-0.2, -0.15) is 0 Å². The number of alkyl carbamates (subject to hydrolysis) is 1. The van der Waals surface area contributed by atoms with Crippen molar-refractivity contribution in [1.82, 2.24) is 10.2 Å². The van der Waals surface area contributed by atoms with E-state index in [9.17, 15) is 18.0 Å². The van der Waals surface area contributed by atoms with Crippen LogP contribution in [-0.2, 0) is 4.74 Å². The van der Waals surface area contributed by atoms with Gasteiger partial charge in [0, 0.05) is 18.5 Å². The van der Waals surface area contributed by atoms with Gasteiger partial charge in [-0.05, 0) is 75.0 Å². The van der Waals surface area contributed by atoms with Gasteiger partial charge in [-0.3, -0.25) is 4.90 Å².